The summed E-state index contributed by atoms with van der Waals surface area (Å²) in [4.78, 5) is 26.7. The fourth-order valence-electron chi connectivity index (χ4n) is 3.42. The summed E-state index contributed by atoms with van der Waals surface area (Å²) in [5.41, 5.74) is 2.11. The number of rotatable bonds is 6. The fourth-order valence-corrected chi connectivity index (χ4v) is 4.31. The summed E-state index contributed by atoms with van der Waals surface area (Å²) in [6.07, 6.45) is 2.50. The number of aromatic nitrogens is 3. The number of carbonyl (C=O) groups excluding carboxylic acids is 2. The van der Waals surface area contributed by atoms with E-state index in [-0.39, 0.29) is 17.6 Å². The number of benzene rings is 1. The van der Waals surface area contributed by atoms with Gasteiger partial charge in [-0.25, -0.2) is 4.79 Å². The van der Waals surface area contributed by atoms with Gasteiger partial charge in [0.2, 0.25) is 5.91 Å². The summed E-state index contributed by atoms with van der Waals surface area (Å²) in [6, 6.07) is 7.60. The van der Waals surface area contributed by atoms with Crippen LogP contribution in [0.2, 0.25) is 0 Å². The third kappa shape index (κ3) is 4.55. The minimum Gasteiger partial charge on any atom is -0.464 e. The Morgan fingerprint density at radius 1 is 1.25 bits per heavy atom. The maximum atomic E-state index is 12.8. The number of esters is 1. The minimum absolute atomic E-state index is 0.0702. The van der Waals surface area contributed by atoms with Gasteiger partial charge in [-0.3, -0.25) is 9.36 Å². The minimum atomic E-state index is -0.474. The number of piperidine rings is 1. The lowest BCUT2D eigenvalue weighted by molar-refractivity contribution is -0.155. The summed E-state index contributed by atoms with van der Waals surface area (Å²) in [7, 11) is 0. The summed E-state index contributed by atoms with van der Waals surface area (Å²) < 4.78 is 7.10. The molecule has 1 atom stereocenters. The highest BCUT2D eigenvalue weighted by molar-refractivity contribution is 7.99. The highest BCUT2D eigenvalue weighted by atomic mass is 32.2. The van der Waals surface area contributed by atoms with E-state index in [2.05, 4.69) is 16.3 Å². The molecule has 1 amide bonds. The molecular formula is C20H26N4O3S. The normalized spacial score (nSPS) is 16.8. The fraction of sp³-hybridized carbons (Fsp3) is 0.500. The first-order valence-electron chi connectivity index (χ1n) is 9.59. The molecule has 0 saturated carbocycles. The molecule has 1 aliphatic heterocycles. The maximum Gasteiger partial charge on any atom is 0.328 e. The van der Waals surface area contributed by atoms with E-state index in [0.717, 1.165) is 29.9 Å². The smallest absolute Gasteiger partial charge is 0.328 e. The lowest BCUT2D eigenvalue weighted by Gasteiger charge is -2.33. The molecule has 1 aliphatic rings. The molecule has 1 aromatic carbocycles. The molecule has 0 radical (unpaired) electrons. The van der Waals surface area contributed by atoms with Crippen molar-refractivity contribution in [2.45, 2.75) is 51.2 Å². The lowest BCUT2D eigenvalue weighted by atomic mass is 10.0. The Labute approximate surface area is 169 Å². The van der Waals surface area contributed by atoms with Crippen molar-refractivity contribution in [3.05, 3.63) is 35.7 Å². The number of ether oxygens (including phenoxy) is 1. The molecule has 7 nitrogen and oxygen atoms in total. The van der Waals surface area contributed by atoms with Gasteiger partial charge < -0.3 is 9.64 Å². The molecule has 2 aromatic rings. The van der Waals surface area contributed by atoms with E-state index >= 15 is 0 Å². The number of likely N-dealkylation sites (tertiary alicyclic amines) is 1. The molecule has 1 aromatic heterocycles. The molecule has 1 saturated heterocycles. The van der Waals surface area contributed by atoms with Gasteiger partial charge in [0.1, 0.15) is 11.9 Å². The van der Waals surface area contributed by atoms with Crippen LogP contribution < -0.4 is 0 Å². The number of aryl methyl sites for hydroxylation is 2. The summed E-state index contributed by atoms with van der Waals surface area (Å²) in [6.45, 7) is 6.62. The summed E-state index contributed by atoms with van der Waals surface area (Å²) in [5, 5.41) is 9.08. The van der Waals surface area contributed by atoms with E-state index in [0.29, 0.717) is 24.7 Å². The Morgan fingerprint density at radius 3 is 2.82 bits per heavy atom. The van der Waals surface area contributed by atoms with E-state index in [9.17, 15) is 9.59 Å². The first kappa shape index (κ1) is 20.4. The van der Waals surface area contributed by atoms with Crippen LogP contribution in [0.25, 0.3) is 5.69 Å². The second-order valence-corrected chi connectivity index (χ2v) is 7.79. The number of hydrogen-bond donors (Lipinski definition) is 0. The monoisotopic (exact) mass is 402 g/mol. The Morgan fingerprint density at radius 2 is 2.07 bits per heavy atom. The quantitative estimate of drug-likeness (QED) is 0.546. The number of nitrogens with zero attached hydrogens (tertiary/aromatic N) is 4. The number of carbonyl (C=O) groups is 2. The molecule has 0 spiro atoms. The van der Waals surface area contributed by atoms with Gasteiger partial charge in [0.05, 0.1) is 12.4 Å². The predicted octanol–water partition coefficient (Wildman–Crippen LogP) is 2.92. The van der Waals surface area contributed by atoms with Crippen molar-refractivity contribution in [2.75, 3.05) is 18.9 Å². The SMILES string of the molecule is CCOC(=O)C1CCCCN1C(=O)CSc1nnc(C)n1-c1cccc(C)c1. The zero-order valence-corrected chi connectivity index (χ0v) is 17.4. The third-order valence-corrected chi connectivity index (χ3v) is 5.68. The van der Waals surface area contributed by atoms with Crippen LogP contribution in [0.1, 0.15) is 37.6 Å². The Bertz CT molecular complexity index is 852. The largest absolute Gasteiger partial charge is 0.464 e. The summed E-state index contributed by atoms with van der Waals surface area (Å²) in [5.74, 6) is 0.598. The van der Waals surface area contributed by atoms with Gasteiger partial charge in [0.15, 0.2) is 5.16 Å². The number of hydrogen-bond acceptors (Lipinski definition) is 6. The Hall–Kier alpha value is -2.35. The highest BCUT2D eigenvalue weighted by Crippen LogP contribution is 2.25. The van der Waals surface area contributed by atoms with Gasteiger partial charge in [0.25, 0.3) is 0 Å². The van der Waals surface area contributed by atoms with Crippen LogP contribution in [0.4, 0.5) is 0 Å². The average molecular weight is 403 g/mol. The van der Waals surface area contributed by atoms with Crippen LogP contribution in [0.15, 0.2) is 29.4 Å². The van der Waals surface area contributed by atoms with Crippen LogP contribution in [-0.4, -0.2) is 56.5 Å². The van der Waals surface area contributed by atoms with Crippen molar-refractivity contribution in [1.82, 2.24) is 19.7 Å². The number of amides is 1. The van der Waals surface area contributed by atoms with Crippen LogP contribution in [0.3, 0.4) is 0 Å². The van der Waals surface area contributed by atoms with Crippen molar-refractivity contribution in [3.8, 4) is 5.69 Å². The zero-order valence-electron chi connectivity index (χ0n) is 16.6. The van der Waals surface area contributed by atoms with E-state index in [4.69, 9.17) is 4.74 Å². The standard InChI is InChI=1S/C20H26N4O3S/c1-4-27-19(26)17-10-5-6-11-23(17)18(25)13-28-20-22-21-15(3)24(20)16-9-7-8-14(2)12-16/h7-9,12,17H,4-6,10-11,13H2,1-3H3. The molecule has 150 valence electrons. The van der Waals surface area contributed by atoms with E-state index in [1.54, 1.807) is 11.8 Å². The molecule has 3 rings (SSSR count). The second-order valence-electron chi connectivity index (χ2n) is 6.84. The van der Waals surface area contributed by atoms with Crippen molar-refractivity contribution in [2.24, 2.45) is 0 Å². The predicted molar refractivity (Wildman–Crippen MR) is 108 cm³/mol. The van der Waals surface area contributed by atoms with Crippen LogP contribution >= 0.6 is 11.8 Å². The molecule has 28 heavy (non-hydrogen) atoms. The zero-order chi connectivity index (χ0) is 20.1. The van der Waals surface area contributed by atoms with Crippen molar-refractivity contribution in [3.63, 3.8) is 0 Å². The third-order valence-electron chi connectivity index (χ3n) is 4.76. The molecule has 1 unspecified atom stereocenters. The number of thioether (sulfide) groups is 1. The lowest BCUT2D eigenvalue weighted by Crippen LogP contribution is -2.49. The van der Waals surface area contributed by atoms with Crippen molar-refractivity contribution in [1.29, 1.82) is 0 Å². The molecule has 2 heterocycles. The first-order valence-corrected chi connectivity index (χ1v) is 10.6. The molecule has 0 aliphatic carbocycles. The second kappa shape index (κ2) is 9.23. The van der Waals surface area contributed by atoms with Crippen molar-refractivity contribution >= 4 is 23.6 Å². The van der Waals surface area contributed by atoms with Gasteiger partial charge in [-0.15, -0.1) is 10.2 Å². The maximum absolute atomic E-state index is 12.8. The summed E-state index contributed by atoms with van der Waals surface area (Å²) >= 11 is 1.34. The van der Waals surface area contributed by atoms with Gasteiger partial charge in [0, 0.05) is 12.2 Å². The molecule has 1 fully saturated rings. The van der Waals surface area contributed by atoms with Gasteiger partial charge >= 0.3 is 5.97 Å². The van der Waals surface area contributed by atoms with Crippen LogP contribution in [-0.2, 0) is 14.3 Å². The van der Waals surface area contributed by atoms with Crippen molar-refractivity contribution < 1.29 is 14.3 Å². The molecule has 0 bridgehead atoms. The van der Waals surface area contributed by atoms with Gasteiger partial charge in [-0.05, 0) is 57.7 Å². The van der Waals surface area contributed by atoms with Crippen LogP contribution in [0, 0.1) is 13.8 Å². The highest BCUT2D eigenvalue weighted by Gasteiger charge is 2.33. The van der Waals surface area contributed by atoms with Gasteiger partial charge in [-0.1, -0.05) is 23.9 Å². The van der Waals surface area contributed by atoms with E-state index in [1.807, 2.05) is 36.6 Å². The molecule has 8 heteroatoms. The van der Waals surface area contributed by atoms with Gasteiger partial charge in [-0.2, -0.15) is 0 Å². The Kier molecular flexibility index (Phi) is 6.72. The van der Waals surface area contributed by atoms with E-state index < -0.39 is 6.04 Å². The first-order chi connectivity index (χ1) is 13.5. The molecular weight excluding hydrogens is 376 g/mol. The van der Waals surface area contributed by atoms with Crippen LogP contribution in [0.5, 0.6) is 0 Å². The average Bonchev–Trinajstić information content (AvgIpc) is 3.06. The topological polar surface area (TPSA) is 77.3 Å². The molecule has 0 N–H and O–H groups in total. The Balaban J connectivity index is 1.72. The van der Waals surface area contributed by atoms with E-state index in [1.165, 1.54) is 11.8 Å².